The maximum Gasteiger partial charge on any atom is 0.313 e. The van der Waals surface area contributed by atoms with Gasteiger partial charge in [0.2, 0.25) is 0 Å². The van der Waals surface area contributed by atoms with E-state index in [-0.39, 0.29) is 5.82 Å². The molecule has 26 heavy (non-hydrogen) atoms. The molecule has 0 radical (unpaired) electrons. The number of benzene rings is 2. The van der Waals surface area contributed by atoms with Crippen LogP contribution in [-0.4, -0.2) is 42.9 Å². The van der Waals surface area contributed by atoms with Crippen LogP contribution in [0.5, 0.6) is 0 Å². The van der Waals surface area contributed by atoms with E-state index in [1.165, 1.54) is 11.0 Å². The van der Waals surface area contributed by atoms with Gasteiger partial charge in [-0.05, 0) is 37.6 Å². The van der Waals surface area contributed by atoms with E-state index in [2.05, 4.69) is 5.32 Å². The average Bonchev–Trinajstić information content (AvgIpc) is 2.64. The molecule has 3 rings (SSSR count). The second-order valence-corrected chi connectivity index (χ2v) is 6.50. The Morgan fingerprint density at radius 2 is 1.69 bits per heavy atom. The molecule has 2 aromatic carbocycles. The molecular formula is C20H22FN3O2. The van der Waals surface area contributed by atoms with Crippen LogP contribution >= 0.6 is 0 Å². The number of carbonyl (C=O) groups excluding carboxylic acids is 2. The van der Waals surface area contributed by atoms with Gasteiger partial charge in [-0.15, -0.1) is 0 Å². The van der Waals surface area contributed by atoms with Gasteiger partial charge >= 0.3 is 11.8 Å². The number of hydrogen-bond acceptors (Lipinski definition) is 3. The number of amides is 2. The highest BCUT2D eigenvalue weighted by atomic mass is 19.1. The fourth-order valence-corrected chi connectivity index (χ4v) is 3.13. The summed E-state index contributed by atoms with van der Waals surface area (Å²) < 4.78 is 13.9. The quantitative estimate of drug-likeness (QED) is 0.843. The van der Waals surface area contributed by atoms with Crippen molar-refractivity contribution in [3.63, 3.8) is 0 Å². The number of halogens is 1. The molecule has 0 saturated carbocycles. The molecule has 2 amide bonds. The Bertz CT molecular complexity index is 830. The van der Waals surface area contributed by atoms with E-state index < -0.39 is 11.8 Å². The number of rotatable bonds is 2. The molecule has 1 N–H and O–H groups in total. The fraction of sp³-hybridized carbons (Fsp3) is 0.300. The largest absolute Gasteiger partial charge is 0.366 e. The summed E-state index contributed by atoms with van der Waals surface area (Å²) in [4.78, 5) is 28.1. The molecule has 136 valence electrons. The summed E-state index contributed by atoms with van der Waals surface area (Å²) in [5.74, 6) is -1.48. The van der Waals surface area contributed by atoms with Crippen molar-refractivity contribution in [1.82, 2.24) is 4.90 Å². The normalized spacial score (nSPS) is 14.3. The number of piperazine rings is 1. The Balaban J connectivity index is 1.59. The second kappa shape index (κ2) is 7.56. The van der Waals surface area contributed by atoms with Crippen LogP contribution in [0.1, 0.15) is 11.1 Å². The Kier molecular flexibility index (Phi) is 5.21. The maximum absolute atomic E-state index is 13.9. The molecule has 2 aromatic rings. The van der Waals surface area contributed by atoms with Crippen LogP contribution in [0.25, 0.3) is 0 Å². The molecule has 0 unspecified atom stereocenters. The van der Waals surface area contributed by atoms with Crippen molar-refractivity contribution in [1.29, 1.82) is 0 Å². The van der Waals surface area contributed by atoms with E-state index in [0.29, 0.717) is 37.6 Å². The number of para-hydroxylation sites is 1. The summed E-state index contributed by atoms with van der Waals surface area (Å²) >= 11 is 0. The minimum absolute atomic E-state index is 0.278. The van der Waals surface area contributed by atoms with E-state index >= 15 is 0 Å². The fourth-order valence-electron chi connectivity index (χ4n) is 3.13. The molecule has 0 aromatic heterocycles. The third kappa shape index (κ3) is 3.85. The molecule has 1 aliphatic rings. The number of hydrogen-bond donors (Lipinski definition) is 1. The number of aryl methyl sites for hydroxylation is 2. The van der Waals surface area contributed by atoms with Crippen molar-refractivity contribution in [2.24, 2.45) is 0 Å². The van der Waals surface area contributed by atoms with Crippen molar-refractivity contribution in [3.8, 4) is 0 Å². The van der Waals surface area contributed by atoms with Crippen molar-refractivity contribution in [2.45, 2.75) is 13.8 Å². The van der Waals surface area contributed by atoms with Crippen LogP contribution in [0.15, 0.2) is 42.5 Å². The van der Waals surface area contributed by atoms with Crippen LogP contribution in [0.2, 0.25) is 0 Å². The zero-order valence-electron chi connectivity index (χ0n) is 15.0. The van der Waals surface area contributed by atoms with Gasteiger partial charge < -0.3 is 15.1 Å². The second-order valence-electron chi connectivity index (χ2n) is 6.50. The number of nitrogens with zero attached hydrogens (tertiary/aromatic N) is 2. The topological polar surface area (TPSA) is 52.7 Å². The predicted octanol–water partition coefficient (Wildman–Crippen LogP) is 2.73. The highest BCUT2D eigenvalue weighted by Crippen LogP contribution is 2.20. The summed E-state index contributed by atoms with van der Waals surface area (Å²) in [5.41, 5.74) is 3.17. The van der Waals surface area contributed by atoms with Crippen LogP contribution in [0.3, 0.4) is 0 Å². The lowest BCUT2D eigenvalue weighted by Gasteiger charge is -2.35. The van der Waals surface area contributed by atoms with Crippen LogP contribution in [0.4, 0.5) is 15.8 Å². The van der Waals surface area contributed by atoms with Gasteiger partial charge in [-0.25, -0.2) is 4.39 Å². The summed E-state index contributed by atoms with van der Waals surface area (Å²) in [6.07, 6.45) is 0. The first-order valence-corrected chi connectivity index (χ1v) is 8.62. The lowest BCUT2D eigenvalue weighted by atomic mass is 10.1. The zero-order valence-corrected chi connectivity index (χ0v) is 15.0. The number of carbonyl (C=O) groups is 2. The Morgan fingerprint density at radius 3 is 2.35 bits per heavy atom. The summed E-state index contributed by atoms with van der Waals surface area (Å²) in [6, 6.07) is 12.2. The van der Waals surface area contributed by atoms with E-state index in [1.54, 1.807) is 24.3 Å². The van der Waals surface area contributed by atoms with Gasteiger partial charge in [0.05, 0.1) is 5.69 Å². The lowest BCUT2D eigenvalue weighted by Crippen LogP contribution is -2.51. The summed E-state index contributed by atoms with van der Waals surface area (Å²) in [7, 11) is 0. The van der Waals surface area contributed by atoms with Crippen LogP contribution in [-0.2, 0) is 9.59 Å². The van der Waals surface area contributed by atoms with Crippen LogP contribution in [0, 0.1) is 19.7 Å². The van der Waals surface area contributed by atoms with Gasteiger partial charge in [-0.1, -0.05) is 29.8 Å². The van der Waals surface area contributed by atoms with E-state index in [1.807, 2.05) is 30.9 Å². The smallest absolute Gasteiger partial charge is 0.313 e. The first kappa shape index (κ1) is 17.9. The molecule has 0 bridgehead atoms. The zero-order chi connectivity index (χ0) is 18.7. The predicted molar refractivity (Wildman–Crippen MR) is 99.7 cm³/mol. The van der Waals surface area contributed by atoms with Crippen molar-refractivity contribution >= 4 is 23.2 Å². The molecule has 1 saturated heterocycles. The first-order valence-electron chi connectivity index (χ1n) is 8.62. The average molecular weight is 355 g/mol. The summed E-state index contributed by atoms with van der Waals surface area (Å²) in [5, 5.41) is 2.68. The highest BCUT2D eigenvalue weighted by Gasteiger charge is 2.27. The van der Waals surface area contributed by atoms with Crippen molar-refractivity contribution < 1.29 is 14.0 Å². The summed E-state index contributed by atoms with van der Waals surface area (Å²) in [6.45, 7) is 5.60. The van der Waals surface area contributed by atoms with Gasteiger partial charge in [0.25, 0.3) is 0 Å². The Morgan fingerprint density at radius 1 is 1.00 bits per heavy atom. The van der Waals surface area contributed by atoms with Gasteiger partial charge in [-0.2, -0.15) is 0 Å². The molecule has 0 spiro atoms. The van der Waals surface area contributed by atoms with Crippen molar-refractivity contribution in [2.75, 3.05) is 36.4 Å². The first-order chi connectivity index (χ1) is 12.5. The lowest BCUT2D eigenvalue weighted by molar-refractivity contribution is -0.143. The molecule has 1 heterocycles. The minimum atomic E-state index is -0.642. The maximum atomic E-state index is 13.9. The molecule has 1 aliphatic heterocycles. The minimum Gasteiger partial charge on any atom is -0.366 e. The third-order valence-corrected chi connectivity index (χ3v) is 4.58. The SMILES string of the molecule is Cc1ccc(NC(=O)C(=O)N2CCN(c3ccccc3F)CC2)c(C)c1. The molecule has 1 fully saturated rings. The molecular weight excluding hydrogens is 333 g/mol. The monoisotopic (exact) mass is 355 g/mol. The Labute approximate surface area is 152 Å². The van der Waals surface area contributed by atoms with Gasteiger partial charge in [0, 0.05) is 31.9 Å². The van der Waals surface area contributed by atoms with E-state index in [9.17, 15) is 14.0 Å². The molecule has 5 nitrogen and oxygen atoms in total. The molecule has 0 atom stereocenters. The molecule has 6 heteroatoms. The highest BCUT2D eigenvalue weighted by molar-refractivity contribution is 6.39. The van der Waals surface area contributed by atoms with Crippen LogP contribution < -0.4 is 10.2 Å². The number of anilines is 2. The Hall–Kier alpha value is -2.89. The van der Waals surface area contributed by atoms with Gasteiger partial charge in [-0.3, -0.25) is 9.59 Å². The van der Waals surface area contributed by atoms with Gasteiger partial charge in [0.1, 0.15) is 5.82 Å². The molecule has 0 aliphatic carbocycles. The third-order valence-electron chi connectivity index (χ3n) is 4.58. The van der Waals surface area contributed by atoms with E-state index in [0.717, 1.165) is 11.1 Å². The van der Waals surface area contributed by atoms with E-state index in [4.69, 9.17) is 0 Å². The standard InChI is InChI=1S/C20H22FN3O2/c1-14-7-8-17(15(2)13-14)22-19(25)20(26)24-11-9-23(10-12-24)18-6-4-3-5-16(18)21/h3-8,13H,9-12H2,1-2H3,(H,22,25). The van der Waals surface area contributed by atoms with Gasteiger partial charge in [0.15, 0.2) is 0 Å². The number of nitrogens with one attached hydrogen (secondary N) is 1. The van der Waals surface area contributed by atoms with Crippen molar-refractivity contribution in [3.05, 3.63) is 59.4 Å².